The molecule has 2 aromatic rings. The zero-order chi connectivity index (χ0) is 8.72. The van der Waals surface area contributed by atoms with Gasteiger partial charge in [0.15, 0.2) is 0 Å². The average molecular weight is 182 g/mol. The van der Waals surface area contributed by atoms with Gasteiger partial charge in [0.1, 0.15) is 5.52 Å². The van der Waals surface area contributed by atoms with Crippen LogP contribution in [-0.4, -0.2) is 9.78 Å². The monoisotopic (exact) mass is 181 g/mol. The van der Waals surface area contributed by atoms with Gasteiger partial charge in [0.25, 0.3) is 0 Å². The van der Waals surface area contributed by atoms with Crippen LogP contribution < -0.4 is 5.73 Å². The molecule has 0 atom stereocenters. The topological polar surface area (TPSA) is 43.8 Å². The van der Waals surface area contributed by atoms with Crippen LogP contribution in [0, 0.1) is 0 Å². The molecule has 0 amide bonds. The van der Waals surface area contributed by atoms with E-state index in [9.17, 15) is 0 Å². The highest BCUT2D eigenvalue weighted by atomic mass is 35.5. The van der Waals surface area contributed by atoms with Gasteiger partial charge in [-0.1, -0.05) is 11.6 Å². The molecule has 0 saturated heterocycles. The fraction of sp³-hybridized carbons (Fsp3) is 0.125. The minimum absolute atomic E-state index is 0.535. The summed E-state index contributed by atoms with van der Waals surface area (Å²) in [7, 11) is 1.85. The summed E-state index contributed by atoms with van der Waals surface area (Å²) in [5.41, 5.74) is 6.95. The lowest BCUT2D eigenvalue weighted by atomic mass is 10.2. The number of nitrogens with zero attached hydrogens (tertiary/aromatic N) is 2. The molecule has 1 aromatic heterocycles. The third kappa shape index (κ3) is 0.940. The molecular weight excluding hydrogens is 174 g/mol. The van der Waals surface area contributed by atoms with Gasteiger partial charge in [-0.25, -0.2) is 0 Å². The Labute approximate surface area is 74.7 Å². The molecule has 0 aliphatic heterocycles. The van der Waals surface area contributed by atoms with Gasteiger partial charge in [-0.05, 0) is 12.1 Å². The summed E-state index contributed by atoms with van der Waals surface area (Å²) in [6.07, 6.45) is 1.90. The Hall–Kier alpha value is -1.22. The molecule has 0 bridgehead atoms. The lowest BCUT2D eigenvalue weighted by molar-refractivity contribution is 0.780. The fourth-order valence-electron chi connectivity index (χ4n) is 1.19. The van der Waals surface area contributed by atoms with E-state index in [4.69, 9.17) is 17.3 Å². The molecule has 2 N–H and O–H groups in total. The summed E-state index contributed by atoms with van der Waals surface area (Å²) in [5, 5.41) is 5.72. The quantitative estimate of drug-likeness (QED) is 0.630. The maximum Gasteiger partial charge on any atom is 0.113 e. The highest BCUT2D eigenvalue weighted by Crippen LogP contribution is 2.27. The third-order valence-electron chi connectivity index (χ3n) is 1.76. The summed E-state index contributed by atoms with van der Waals surface area (Å²) in [4.78, 5) is 0. The van der Waals surface area contributed by atoms with Crippen LogP contribution in [0.4, 0.5) is 5.69 Å². The van der Waals surface area contributed by atoms with E-state index in [1.807, 2.05) is 19.3 Å². The Bertz CT molecular complexity index is 433. The molecule has 3 nitrogen and oxygen atoms in total. The maximum atomic E-state index is 5.94. The number of rotatable bonds is 0. The van der Waals surface area contributed by atoms with Crippen LogP contribution >= 0.6 is 11.6 Å². The van der Waals surface area contributed by atoms with Crippen molar-refractivity contribution < 1.29 is 0 Å². The van der Waals surface area contributed by atoms with Crippen LogP contribution in [0.3, 0.4) is 0 Å². The van der Waals surface area contributed by atoms with Crippen molar-refractivity contribution in [1.82, 2.24) is 9.78 Å². The molecule has 62 valence electrons. The zero-order valence-electron chi connectivity index (χ0n) is 6.58. The molecule has 1 heterocycles. The summed E-state index contributed by atoms with van der Waals surface area (Å²) >= 11 is 5.94. The lowest BCUT2D eigenvalue weighted by Gasteiger charge is -1.95. The van der Waals surface area contributed by atoms with E-state index in [1.165, 1.54) is 0 Å². The molecule has 2 rings (SSSR count). The minimum Gasteiger partial charge on any atom is -0.397 e. The van der Waals surface area contributed by atoms with E-state index in [1.54, 1.807) is 10.7 Å². The van der Waals surface area contributed by atoms with Crippen molar-refractivity contribution in [3.63, 3.8) is 0 Å². The van der Waals surface area contributed by atoms with Crippen LogP contribution in [0.1, 0.15) is 0 Å². The molecule has 0 aliphatic rings. The van der Waals surface area contributed by atoms with Gasteiger partial charge < -0.3 is 5.73 Å². The van der Waals surface area contributed by atoms with Gasteiger partial charge in [-0.15, -0.1) is 0 Å². The first kappa shape index (κ1) is 7.43. The Morgan fingerprint density at radius 1 is 1.50 bits per heavy atom. The predicted octanol–water partition coefficient (Wildman–Crippen LogP) is 1.81. The Morgan fingerprint density at radius 3 is 3.00 bits per heavy atom. The first-order chi connectivity index (χ1) is 5.68. The number of hydrogen-bond acceptors (Lipinski definition) is 2. The Kier molecular flexibility index (Phi) is 1.48. The molecule has 0 radical (unpaired) electrons. The predicted molar refractivity (Wildman–Crippen MR) is 50.1 cm³/mol. The SMILES string of the molecule is Cn1cc2ccc(N)c(Cl)c2n1. The molecule has 0 aliphatic carbocycles. The smallest absolute Gasteiger partial charge is 0.113 e. The summed E-state index contributed by atoms with van der Waals surface area (Å²) < 4.78 is 1.72. The van der Waals surface area contributed by atoms with E-state index < -0.39 is 0 Å². The molecule has 0 saturated carbocycles. The number of fused-ring (bicyclic) bond motifs is 1. The second kappa shape index (κ2) is 2.38. The van der Waals surface area contributed by atoms with Crippen LogP contribution in [0.25, 0.3) is 10.9 Å². The fourth-order valence-corrected chi connectivity index (χ4v) is 1.40. The number of aryl methyl sites for hydroxylation is 1. The van der Waals surface area contributed by atoms with E-state index in [-0.39, 0.29) is 0 Å². The van der Waals surface area contributed by atoms with Crippen LogP contribution in [0.15, 0.2) is 18.3 Å². The first-order valence-corrected chi connectivity index (χ1v) is 3.93. The molecule has 4 heteroatoms. The number of nitrogens with two attached hydrogens (primary N) is 1. The number of nitrogen functional groups attached to an aromatic ring is 1. The highest BCUT2D eigenvalue weighted by Gasteiger charge is 2.05. The van der Waals surface area contributed by atoms with Gasteiger partial charge in [-0.2, -0.15) is 5.10 Å². The molecule has 0 unspecified atom stereocenters. The number of halogens is 1. The summed E-state index contributed by atoms with van der Waals surface area (Å²) in [6.45, 7) is 0. The number of hydrogen-bond donors (Lipinski definition) is 1. The van der Waals surface area contributed by atoms with Crippen LogP contribution in [0.2, 0.25) is 5.02 Å². The summed E-state index contributed by atoms with van der Waals surface area (Å²) in [6, 6.07) is 3.69. The van der Waals surface area contributed by atoms with Crippen molar-refractivity contribution in [2.45, 2.75) is 0 Å². The van der Waals surface area contributed by atoms with Gasteiger partial charge in [0.2, 0.25) is 0 Å². The third-order valence-corrected chi connectivity index (χ3v) is 2.16. The van der Waals surface area contributed by atoms with Crippen LogP contribution in [-0.2, 0) is 7.05 Å². The number of anilines is 1. The average Bonchev–Trinajstić information content (AvgIpc) is 2.39. The van der Waals surface area contributed by atoms with E-state index >= 15 is 0 Å². The van der Waals surface area contributed by atoms with Crippen LogP contribution in [0.5, 0.6) is 0 Å². The molecule has 0 fully saturated rings. The van der Waals surface area contributed by atoms with Gasteiger partial charge in [-0.3, -0.25) is 4.68 Å². The lowest BCUT2D eigenvalue weighted by Crippen LogP contribution is -1.87. The van der Waals surface area contributed by atoms with Crippen molar-refractivity contribution in [2.75, 3.05) is 5.73 Å². The van der Waals surface area contributed by atoms with Crippen molar-refractivity contribution in [3.05, 3.63) is 23.4 Å². The first-order valence-electron chi connectivity index (χ1n) is 3.56. The van der Waals surface area contributed by atoms with Crippen molar-refractivity contribution in [2.24, 2.45) is 7.05 Å². The molecule has 1 aromatic carbocycles. The standard InChI is InChI=1S/C8H8ClN3/c1-12-4-5-2-3-6(10)7(9)8(5)11-12/h2-4H,10H2,1H3. The van der Waals surface area contributed by atoms with Crippen molar-refractivity contribution >= 4 is 28.2 Å². The summed E-state index contributed by atoms with van der Waals surface area (Å²) in [5.74, 6) is 0. The van der Waals surface area contributed by atoms with Crippen molar-refractivity contribution in [1.29, 1.82) is 0 Å². The second-order valence-corrected chi connectivity index (χ2v) is 3.09. The minimum atomic E-state index is 0.535. The van der Waals surface area contributed by atoms with Gasteiger partial charge in [0.05, 0.1) is 10.7 Å². The van der Waals surface area contributed by atoms with E-state index in [2.05, 4.69) is 5.10 Å². The van der Waals surface area contributed by atoms with Gasteiger partial charge in [0, 0.05) is 18.6 Å². The maximum absolute atomic E-state index is 5.94. The number of aromatic nitrogens is 2. The van der Waals surface area contributed by atoms with E-state index in [0.717, 1.165) is 10.9 Å². The molecule has 12 heavy (non-hydrogen) atoms. The van der Waals surface area contributed by atoms with Gasteiger partial charge >= 0.3 is 0 Å². The zero-order valence-corrected chi connectivity index (χ0v) is 7.34. The Balaban J connectivity index is 2.89. The second-order valence-electron chi connectivity index (χ2n) is 2.71. The van der Waals surface area contributed by atoms with E-state index in [0.29, 0.717) is 10.7 Å². The van der Waals surface area contributed by atoms with Crippen molar-refractivity contribution in [3.8, 4) is 0 Å². The Morgan fingerprint density at radius 2 is 2.25 bits per heavy atom. The largest absolute Gasteiger partial charge is 0.397 e. The normalized spacial score (nSPS) is 10.8. The molecule has 0 spiro atoms. The highest BCUT2D eigenvalue weighted by molar-refractivity contribution is 6.37. The number of benzene rings is 1. The molecular formula is C8H8ClN3.